The average molecular weight is 206 g/mol. The second-order valence-corrected chi connectivity index (χ2v) is 3.63. The molecule has 0 aromatic heterocycles. The number of hydrogen-bond acceptors (Lipinski definition) is 2. The van der Waals surface area contributed by atoms with Crippen molar-refractivity contribution in [1.29, 1.82) is 0 Å². The molecular weight excluding hydrogens is 188 g/mol. The summed E-state index contributed by atoms with van der Waals surface area (Å²) >= 11 is 0. The third-order valence-corrected chi connectivity index (χ3v) is 2.18. The lowest BCUT2D eigenvalue weighted by Crippen LogP contribution is -2.22. The third-order valence-electron chi connectivity index (χ3n) is 2.18. The van der Waals surface area contributed by atoms with E-state index in [-0.39, 0.29) is 11.8 Å². The molecule has 0 bridgehead atoms. The smallest absolute Gasteiger partial charge is 0.226 e. The number of carbonyl (C=O) groups excluding carboxylic acids is 1. The minimum Gasteiger partial charge on any atom is -0.384 e. The summed E-state index contributed by atoms with van der Waals surface area (Å²) in [5, 5.41) is 3.13. The van der Waals surface area contributed by atoms with Crippen LogP contribution < -0.4 is 11.1 Å². The number of carbonyl (C=O) groups is 1. The second-order valence-electron chi connectivity index (χ2n) is 3.63. The Labute approximate surface area is 90.7 Å². The van der Waals surface area contributed by atoms with E-state index in [9.17, 15) is 4.79 Å². The first kappa shape index (κ1) is 11.6. The Morgan fingerprint density at radius 2 is 2.07 bits per heavy atom. The Balaban J connectivity index is 0.000000337. The Morgan fingerprint density at radius 1 is 1.47 bits per heavy atom. The minimum atomic E-state index is -0.257. The Morgan fingerprint density at radius 3 is 2.67 bits per heavy atom. The fraction of sp³-hybridized carbons (Fsp3) is 0.417. The van der Waals surface area contributed by atoms with Crippen molar-refractivity contribution in [2.45, 2.75) is 26.2 Å². The molecule has 0 saturated carbocycles. The van der Waals surface area contributed by atoms with E-state index < -0.39 is 0 Å². The van der Waals surface area contributed by atoms with Crippen LogP contribution in [0.3, 0.4) is 0 Å². The first-order valence-electron chi connectivity index (χ1n) is 5.32. The zero-order valence-corrected chi connectivity index (χ0v) is 9.29. The van der Waals surface area contributed by atoms with Crippen LogP contribution in [-0.2, 0) is 4.79 Å². The summed E-state index contributed by atoms with van der Waals surface area (Å²) in [5.74, 6) is -0.409. The number of rotatable bonds is 1. The van der Waals surface area contributed by atoms with Crippen molar-refractivity contribution in [2.75, 3.05) is 11.9 Å². The summed E-state index contributed by atoms with van der Waals surface area (Å²) in [7, 11) is 0. The van der Waals surface area contributed by atoms with Crippen LogP contribution >= 0.6 is 0 Å². The summed E-state index contributed by atoms with van der Waals surface area (Å²) in [6.07, 6.45) is 1.25. The van der Waals surface area contributed by atoms with E-state index in [0.717, 1.165) is 11.3 Å². The van der Waals surface area contributed by atoms with Crippen molar-refractivity contribution in [1.82, 2.24) is 0 Å². The van der Waals surface area contributed by atoms with Crippen molar-refractivity contribution in [2.24, 2.45) is 5.73 Å². The number of nitrogens with one attached hydrogen (secondary N) is 1. The van der Waals surface area contributed by atoms with Gasteiger partial charge >= 0.3 is 0 Å². The van der Waals surface area contributed by atoms with E-state index in [0.29, 0.717) is 6.54 Å². The molecule has 1 atom stereocenters. The fourth-order valence-electron chi connectivity index (χ4n) is 1.54. The van der Waals surface area contributed by atoms with Crippen LogP contribution in [0.2, 0.25) is 0 Å². The number of para-hydroxylation sites is 1. The monoisotopic (exact) mass is 206 g/mol. The average Bonchev–Trinajstić information content (AvgIpc) is 2.62. The molecule has 3 N–H and O–H groups in total. The van der Waals surface area contributed by atoms with Gasteiger partial charge in [-0.05, 0) is 11.6 Å². The van der Waals surface area contributed by atoms with E-state index in [1.165, 1.54) is 6.42 Å². The van der Waals surface area contributed by atoms with Crippen molar-refractivity contribution >= 4 is 11.6 Å². The first-order valence-corrected chi connectivity index (χ1v) is 5.32. The van der Waals surface area contributed by atoms with Crippen LogP contribution in [0.15, 0.2) is 24.3 Å². The minimum absolute atomic E-state index is 0.152. The second kappa shape index (κ2) is 5.39. The maximum Gasteiger partial charge on any atom is 0.226 e. The van der Waals surface area contributed by atoms with Crippen LogP contribution in [-0.4, -0.2) is 12.5 Å². The van der Waals surface area contributed by atoms with Gasteiger partial charge in [0.1, 0.15) is 0 Å². The van der Waals surface area contributed by atoms with Gasteiger partial charge in [-0.2, -0.15) is 0 Å². The molecule has 1 amide bonds. The normalized spacial score (nSPS) is 17.1. The van der Waals surface area contributed by atoms with Crippen molar-refractivity contribution in [3.8, 4) is 0 Å². The number of hydrogen-bond donors (Lipinski definition) is 2. The molecule has 0 spiro atoms. The predicted octanol–water partition coefficient (Wildman–Crippen LogP) is 2.10. The van der Waals surface area contributed by atoms with E-state index in [4.69, 9.17) is 5.73 Å². The van der Waals surface area contributed by atoms with Crippen molar-refractivity contribution in [3.63, 3.8) is 0 Å². The highest BCUT2D eigenvalue weighted by Crippen LogP contribution is 2.30. The molecule has 0 saturated heterocycles. The van der Waals surface area contributed by atoms with Crippen LogP contribution in [0, 0.1) is 0 Å². The zero-order chi connectivity index (χ0) is 11.3. The molecule has 1 aliphatic rings. The number of nitrogens with two attached hydrogens (primary N) is 1. The molecular formula is C12H18N2O. The number of primary amides is 1. The molecule has 3 nitrogen and oxygen atoms in total. The fourth-order valence-corrected chi connectivity index (χ4v) is 1.54. The Hall–Kier alpha value is -1.51. The molecule has 1 aromatic rings. The summed E-state index contributed by atoms with van der Waals surface area (Å²) in [4.78, 5) is 10.9. The van der Waals surface area contributed by atoms with Gasteiger partial charge < -0.3 is 11.1 Å². The lowest BCUT2D eigenvalue weighted by molar-refractivity contribution is -0.119. The number of amides is 1. The highest BCUT2D eigenvalue weighted by molar-refractivity contribution is 5.86. The highest BCUT2D eigenvalue weighted by Gasteiger charge is 2.25. The maximum atomic E-state index is 10.9. The molecule has 0 aliphatic carbocycles. The quantitative estimate of drug-likeness (QED) is 0.739. The van der Waals surface area contributed by atoms with Gasteiger partial charge in [0.05, 0.1) is 5.92 Å². The molecule has 82 valence electrons. The highest BCUT2D eigenvalue weighted by atomic mass is 16.1. The van der Waals surface area contributed by atoms with Crippen LogP contribution in [0.5, 0.6) is 0 Å². The largest absolute Gasteiger partial charge is 0.384 e. The molecule has 0 fully saturated rings. The van der Waals surface area contributed by atoms with Gasteiger partial charge in [0.25, 0.3) is 0 Å². The molecule has 1 unspecified atom stereocenters. The lowest BCUT2D eigenvalue weighted by Gasteiger charge is -2.02. The predicted molar refractivity (Wildman–Crippen MR) is 62.8 cm³/mol. The number of anilines is 1. The Kier molecular flexibility index (Phi) is 4.16. The topological polar surface area (TPSA) is 55.1 Å². The first-order chi connectivity index (χ1) is 7.20. The molecule has 1 aromatic carbocycles. The van der Waals surface area contributed by atoms with Gasteiger partial charge in [0.15, 0.2) is 0 Å². The lowest BCUT2D eigenvalue weighted by atomic mass is 10.0. The van der Waals surface area contributed by atoms with Gasteiger partial charge in [-0.25, -0.2) is 0 Å². The summed E-state index contributed by atoms with van der Waals surface area (Å²) in [6, 6.07) is 7.75. The molecule has 2 rings (SSSR count). The zero-order valence-electron chi connectivity index (χ0n) is 9.29. The van der Waals surface area contributed by atoms with E-state index in [1.807, 2.05) is 24.3 Å². The molecule has 0 radical (unpaired) electrons. The van der Waals surface area contributed by atoms with Gasteiger partial charge in [0, 0.05) is 12.2 Å². The van der Waals surface area contributed by atoms with E-state index >= 15 is 0 Å². The van der Waals surface area contributed by atoms with Gasteiger partial charge in [0.2, 0.25) is 5.91 Å². The summed E-state index contributed by atoms with van der Waals surface area (Å²) in [5.41, 5.74) is 7.28. The van der Waals surface area contributed by atoms with Crippen LogP contribution in [0.25, 0.3) is 0 Å². The molecule has 1 heterocycles. The number of benzene rings is 1. The SMILES string of the molecule is CCC.NC(=O)C1CNc2ccccc21. The molecule has 1 aliphatic heterocycles. The van der Waals surface area contributed by atoms with E-state index in [2.05, 4.69) is 19.2 Å². The standard InChI is InChI=1S/C9H10N2O.C3H8/c10-9(12)7-5-11-8-4-2-1-3-6(7)8;1-3-2/h1-4,7,11H,5H2,(H2,10,12);3H2,1-2H3. The van der Waals surface area contributed by atoms with Gasteiger partial charge in [-0.3, -0.25) is 4.79 Å². The maximum absolute atomic E-state index is 10.9. The van der Waals surface area contributed by atoms with Gasteiger partial charge in [-0.1, -0.05) is 38.5 Å². The third kappa shape index (κ3) is 2.72. The van der Waals surface area contributed by atoms with E-state index in [1.54, 1.807) is 0 Å². The molecule has 15 heavy (non-hydrogen) atoms. The Bertz CT molecular complexity index is 336. The van der Waals surface area contributed by atoms with Crippen LogP contribution in [0.1, 0.15) is 31.7 Å². The molecule has 3 heteroatoms. The summed E-state index contributed by atoms with van der Waals surface area (Å²) in [6.45, 7) is 4.88. The number of fused-ring (bicyclic) bond motifs is 1. The van der Waals surface area contributed by atoms with Crippen molar-refractivity contribution < 1.29 is 4.79 Å². The van der Waals surface area contributed by atoms with Crippen molar-refractivity contribution in [3.05, 3.63) is 29.8 Å². The van der Waals surface area contributed by atoms with Crippen LogP contribution in [0.4, 0.5) is 5.69 Å². The summed E-state index contributed by atoms with van der Waals surface area (Å²) < 4.78 is 0. The van der Waals surface area contributed by atoms with Gasteiger partial charge in [-0.15, -0.1) is 0 Å².